The van der Waals surface area contributed by atoms with Gasteiger partial charge in [-0.05, 0) is 48.1 Å². The van der Waals surface area contributed by atoms with Crippen molar-refractivity contribution in [3.63, 3.8) is 0 Å². The van der Waals surface area contributed by atoms with E-state index in [1.165, 1.54) is 4.90 Å². The van der Waals surface area contributed by atoms with Crippen LogP contribution in [0.2, 0.25) is 0 Å². The molecular formula is C29H29N3O6S. The molecular weight excluding hydrogens is 518 g/mol. The van der Waals surface area contributed by atoms with E-state index < -0.39 is 17.9 Å². The number of amides is 2. The number of piperazine rings is 1. The van der Waals surface area contributed by atoms with Crippen molar-refractivity contribution in [3.05, 3.63) is 96.1 Å². The Morgan fingerprint density at radius 2 is 1.59 bits per heavy atom. The van der Waals surface area contributed by atoms with Crippen LogP contribution < -0.4 is 20.1 Å². The molecule has 39 heavy (non-hydrogen) atoms. The molecule has 2 N–H and O–H groups in total. The van der Waals surface area contributed by atoms with E-state index in [9.17, 15) is 14.4 Å². The average molecular weight is 548 g/mol. The molecule has 1 atom stereocenters. The van der Waals surface area contributed by atoms with Crippen molar-refractivity contribution >= 4 is 35.1 Å². The van der Waals surface area contributed by atoms with Crippen molar-refractivity contribution in [1.29, 1.82) is 0 Å². The molecule has 9 nitrogen and oxygen atoms in total. The van der Waals surface area contributed by atoms with Crippen molar-refractivity contribution in [2.75, 3.05) is 26.3 Å². The number of hydrogen-bond acceptors (Lipinski definition) is 7. The Labute approximate surface area is 232 Å². The van der Waals surface area contributed by atoms with Crippen LogP contribution in [0.5, 0.6) is 11.5 Å². The average Bonchev–Trinajstić information content (AvgIpc) is 2.96. The zero-order valence-corrected chi connectivity index (χ0v) is 22.0. The Hall–Kier alpha value is -4.44. The maximum atomic E-state index is 12.9. The highest BCUT2D eigenvalue weighted by atomic mass is 32.1. The molecule has 3 aromatic rings. The summed E-state index contributed by atoms with van der Waals surface area (Å²) in [5.41, 5.74) is 1.17. The number of para-hydroxylation sites is 1. The third-order valence-corrected chi connectivity index (χ3v) is 6.21. The van der Waals surface area contributed by atoms with E-state index in [1.54, 1.807) is 24.3 Å². The fraction of sp³-hybridized carbons (Fsp3) is 0.241. The number of hydrogen-bond donors (Lipinski definition) is 2. The molecule has 0 bridgehead atoms. The van der Waals surface area contributed by atoms with Crippen molar-refractivity contribution in [3.8, 4) is 11.5 Å². The van der Waals surface area contributed by atoms with Gasteiger partial charge in [-0.15, -0.1) is 0 Å². The van der Waals surface area contributed by atoms with E-state index in [0.717, 1.165) is 11.3 Å². The van der Waals surface area contributed by atoms with Gasteiger partial charge >= 0.3 is 5.97 Å². The van der Waals surface area contributed by atoms with Crippen molar-refractivity contribution < 1.29 is 28.6 Å². The lowest BCUT2D eigenvalue weighted by Crippen LogP contribution is -2.60. The van der Waals surface area contributed by atoms with Gasteiger partial charge in [0, 0.05) is 18.7 Å². The molecule has 4 rings (SSSR count). The second kappa shape index (κ2) is 13.9. The summed E-state index contributed by atoms with van der Waals surface area (Å²) in [6.45, 7) is 1.41. The Morgan fingerprint density at radius 3 is 2.33 bits per heavy atom. The van der Waals surface area contributed by atoms with E-state index in [4.69, 9.17) is 26.4 Å². The highest BCUT2D eigenvalue weighted by Gasteiger charge is 2.34. The zero-order valence-electron chi connectivity index (χ0n) is 21.2. The maximum Gasteiger partial charge on any atom is 0.308 e. The number of nitrogens with zero attached hydrogens (tertiary/aromatic N) is 1. The van der Waals surface area contributed by atoms with Gasteiger partial charge in [0.15, 0.2) is 5.11 Å². The minimum atomic E-state index is -0.894. The lowest BCUT2D eigenvalue weighted by molar-refractivity contribution is -0.148. The van der Waals surface area contributed by atoms with Crippen LogP contribution >= 0.6 is 12.2 Å². The number of carbonyl (C=O) groups excluding carboxylic acids is 3. The second-order valence-corrected chi connectivity index (χ2v) is 9.03. The first-order chi connectivity index (χ1) is 19.0. The lowest BCUT2D eigenvalue weighted by Gasteiger charge is -2.36. The fourth-order valence-corrected chi connectivity index (χ4v) is 4.23. The molecule has 1 heterocycles. The summed E-state index contributed by atoms with van der Waals surface area (Å²) in [4.78, 5) is 39.5. The number of ether oxygens (including phenoxy) is 3. The summed E-state index contributed by atoms with van der Waals surface area (Å²) in [6, 6.07) is 24.4. The summed E-state index contributed by atoms with van der Waals surface area (Å²) in [7, 11) is 0. The van der Waals surface area contributed by atoms with Crippen LogP contribution in [0.15, 0.2) is 84.9 Å². The quantitative estimate of drug-likeness (QED) is 0.227. The number of nitrogens with one attached hydrogen (secondary N) is 2. The Kier molecular flexibility index (Phi) is 9.85. The molecule has 1 saturated heterocycles. The first-order valence-electron chi connectivity index (χ1n) is 12.5. The zero-order chi connectivity index (χ0) is 27.5. The highest BCUT2D eigenvalue weighted by molar-refractivity contribution is 7.80. The van der Waals surface area contributed by atoms with Gasteiger partial charge in [0.25, 0.3) is 5.91 Å². The van der Waals surface area contributed by atoms with Gasteiger partial charge < -0.3 is 24.4 Å². The second-order valence-electron chi connectivity index (χ2n) is 8.65. The molecule has 202 valence electrons. The number of esters is 1. The highest BCUT2D eigenvalue weighted by Crippen LogP contribution is 2.16. The van der Waals surface area contributed by atoms with Crippen LogP contribution in [0.3, 0.4) is 0 Å². The van der Waals surface area contributed by atoms with Crippen LogP contribution in [0.25, 0.3) is 0 Å². The monoisotopic (exact) mass is 547 g/mol. The molecule has 1 fully saturated rings. The van der Waals surface area contributed by atoms with E-state index in [0.29, 0.717) is 37.6 Å². The van der Waals surface area contributed by atoms with Crippen LogP contribution in [-0.4, -0.2) is 60.1 Å². The third-order valence-electron chi connectivity index (χ3n) is 5.88. The third kappa shape index (κ3) is 8.27. The van der Waals surface area contributed by atoms with Crippen LogP contribution in [0.1, 0.15) is 22.3 Å². The van der Waals surface area contributed by atoms with Gasteiger partial charge in [-0.3, -0.25) is 19.7 Å². The van der Waals surface area contributed by atoms with Gasteiger partial charge in [0.2, 0.25) is 5.91 Å². The molecule has 1 aliphatic heterocycles. The predicted molar refractivity (Wildman–Crippen MR) is 148 cm³/mol. The molecule has 2 amide bonds. The summed E-state index contributed by atoms with van der Waals surface area (Å²) < 4.78 is 16.7. The van der Waals surface area contributed by atoms with Crippen molar-refractivity contribution in [2.45, 2.75) is 19.1 Å². The molecule has 1 aliphatic rings. The molecule has 0 aromatic heterocycles. The maximum absolute atomic E-state index is 12.9. The first-order valence-corrected chi connectivity index (χ1v) is 12.9. The van der Waals surface area contributed by atoms with E-state index in [-0.39, 0.29) is 24.0 Å². The lowest BCUT2D eigenvalue weighted by atomic mass is 10.1. The Balaban J connectivity index is 1.29. The Morgan fingerprint density at radius 1 is 0.923 bits per heavy atom. The molecule has 3 aromatic carbocycles. The fourth-order valence-electron chi connectivity index (χ4n) is 3.92. The molecule has 1 unspecified atom stereocenters. The SMILES string of the molecule is O=C(CC1C(=O)NCCN1C(=S)NC(=O)c1cccc(OCCOc2ccccc2)c1)OCc1ccccc1. The number of thiocarbonyl (C=S) groups is 1. The van der Waals surface area contributed by atoms with Gasteiger partial charge in [-0.2, -0.15) is 0 Å². The van der Waals surface area contributed by atoms with Gasteiger partial charge in [-0.1, -0.05) is 54.6 Å². The van der Waals surface area contributed by atoms with E-state index in [2.05, 4.69) is 10.6 Å². The molecule has 10 heteroatoms. The predicted octanol–water partition coefficient (Wildman–Crippen LogP) is 3.09. The van der Waals surface area contributed by atoms with Gasteiger partial charge in [0.05, 0.1) is 6.42 Å². The molecule has 0 aliphatic carbocycles. The van der Waals surface area contributed by atoms with Gasteiger partial charge in [-0.25, -0.2) is 0 Å². The van der Waals surface area contributed by atoms with E-state index >= 15 is 0 Å². The summed E-state index contributed by atoms with van der Waals surface area (Å²) in [6.07, 6.45) is -0.205. The number of carbonyl (C=O) groups is 3. The first kappa shape index (κ1) is 27.6. The van der Waals surface area contributed by atoms with Crippen LogP contribution in [0.4, 0.5) is 0 Å². The largest absolute Gasteiger partial charge is 0.490 e. The summed E-state index contributed by atoms with van der Waals surface area (Å²) in [5.74, 6) is -0.107. The number of rotatable bonds is 10. The summed E-state index contributed by atoms with van der Waals surface area (Å²) >= 11 is 5.45. The molecule has 0 saturated carbocycles. The van der Waals surface area contributed by atoms with Crippen LogP contribution in [0, 0.1) is 0 Å². The minimum absolute atomic E-state index is 0.0540. The van der Waals surface area contributed by atoms with Gasteiger partial charge in [0.1, 0.15) is 37.4 Å². The minimum Gasteiger partial charge on any atom is -0.490 e. The smallest absolute Gasteiger partial charge is 0.308 e. The van der Waals surface area contributed by atoms with E-state index in [1.807, 2.05) is 60.7 Å². The molecule has 0 spiro atoms. The van der Waals surface area contributed by atoms with Crippen molar-refractivity contribution in [2.24, 2.45) is 0 Å². The summed E-state index contributed by atoms with van der Waals surface area (Å²) in [5, 5.41) is 5.46. The standard InChI is InChI=1S/C29H29N3O6S/c33-26(38-20-21-8-3-1-4-9-21)19-25-28(35)30-14-15-32(25)29(39)31-27(34)22-10-7-13-24(18-22)37-17-16-36-23-11-5-2-6-12-23/h1-13,18,25H,14-17,19-20H2,(H,30,35)(H,31,34,39). The molecule has 0 radical (unpaired) electrons. The number of benzene rings is 3. The van der Waals surface area contributed by atoms with Crippen LogP contribution in [-0.2, 0) is 20.9 Å². The normalized spacial score (nSPS) is 14.6. The topological polar surface area (TPSA) is 106 Å². The Bertz CT molecular complexity index is 1290. The van der Waals surface area contributed by atoms with Crippen molar-refractivity contribution in [1.82, 2.24) is 15.5 Å².